The number of aromatic nitrogens is 2. The number of nitrogens with zero attached hydrogens (tertiary/aromatic N) is 3. The van der Waals surface area contributed by atoms with E-state index >= 15 is 0 Å². The van der Waals surface area contributed by atoms with Gasteiger partial charge in [-0.05, 0) is 50.0 Å². The molecule has 5 heteroatoms. The second kappa shape index (κ2) is 7.74. The molecule has 0 spiro atoms. The van der Waals surface area contributed by atoms with E-state index in [2.05, 4.69) is 53.6 Å². The summed E-state index contributed by atoms with van der Waals surface area (Å²) >= 11 is 0. The maximum atomic E-state index is 12.3. The van der Waals surface area contributed by atoms with Gasteiger partial charge in [-0.1, -0.05) is 48.5 Å². The molecule has 5 nitrogen and oxygen atoms in total. The lowest BCUT2D eigenvalue weighted by Crippen LogP contribution is -2.39. The van der Waals surface area contributed by atoms with E-state index in [1.165, 1.54) is 16.7 Å². The standard InChI is InChI=1S/C24H27N3O2/c1-24(2,3)29-23(28)26-13-11-19(12-14-26)20-9-10-21-16-25-27(22(21)15-20)17-18-7-5-4-6-8-18/h4-11,15-16H,12-14,17H2,1-3H3. The molecule has 0 aliphatic carbocycles. The fraction of sp³-hybridized carbons (Fsp3) is 0.333. The minimum atomic E-state index is -0.469. The highest BCUT2D eigenvalue weighted by molar-refractivity contribution is 5.84. The minimum absolute atomic E-state index is 0.246. The molecule has 0 saturated carbocycles. The van der Waals surface area contributed by atoms with Crippen LogP contribution in [0.4, 0.5) is 4.79 Å². The number of hydrogen-bond acceptors (Lipinski definition) is 3. The van der Waals surface area contributed by atoms with Crippen LogP contribution >= 0.6 is 0 Å². The molecule has 1 amide bonds. The summed E-state index contributed by atoms with van der Waals surface area (Å²) in [6.45, 7) is 7.67. The van der Waals surface area contributed by atoms with Gasteiger partial charge in [0, 0.05) is 18.5 Å². The maximum Gasteiger partial charge on any atom is 0.410 e. The number of carbonyl (C=O) groups excluding carboxylic acids is 1. The Morgan fingerprint density at radius 1 is 1.14 bits per heavy atom. The molecule has 2 heterocycles. The van der Waals surface area contributed by atoms with Crippen molar-refractivity contribution in [3.05, 3.63) is 71.9 Å². The van der Waals surface area contributed by atoms with Gasteiger partial charge in [0.05, 0.1) is 18.3 Å². The second-order valence-electron chi connectivity index (χ2n) is 8.47. The summed E-state index contributed by atoms with van der Waals surface area (Å²) in [7, 11) is 0. The van der Waals surface area contributed by atoms with E-state index < -0.39 is 5.60 Å². The van der Waals surface area contributed by atoms with Crippen molar-refractivity contribution in [1.82, 2.24) is 14.7 Å². The monoisotopic (exact) mass is 389 g/mol. The van der Waals surface area contributed by atoms with Gasteiger partial charge < -0.3 is 9.64 Å². The summed E-state index contributed by atoms with van der Waals surface area (Å²) in [4.78, 5) is 14.0. The molecule has 1 aliphatic heterocycles. The van der Waals surface area contributed by atoms with E-state index in [1.807, 2.05) is 37.7 Å². The van der Waals surface area contributed by atoms with E-state index in [0.29, 0.717) is 13.1 Å². The Bertz CT molecular complexity index is 1040. The Balaban J connectivity index is 1.53. The highest BCUT2D eigenvalue weighted by Crippen LogP contribution is 2.27. The first-order valence-electron chi connectivity index (χ1n) is 10.1. The van der Waals surface area contributed by atoms with E-state index in [4.69, 9.17) is 4.74 Å². The van der Waals surface area contributed by atoms with E-state index in [-0.39, 0.29) is 6.09 Å². The molecule has 4 rings (SSSR count). The number of ether oxygens (including phenoxy) is 1. The van der Waals surface area contributed by atoms with Crippen molar-refractivity contribution in [2.75, 3.05) is 13.1 Å². The number of carbonyl (C=O) groups is 1. The lowest BCUT2D eigenvalue weighted by atomic mass is 9.98. The van der Waals surface area contributed by atoms with Crippen LogP contribution in [0.25, 0.3) is 16.5 Å². The molecule has 0 N–H and O–H groups in total. The zero-order valence-electron chi connectivity index (χ0n) is 17.3. The van der Waals surface area contributed by atoms with Crippen molar-refractivity contribution in [3.63, 3.8) is 0 Å². The SMILES string of the molecule is CC(C)(C)OC(=O)N1CC=C(c2ccc3cnn(Cc4ccccc4)c3c2)CC1. The van der Waals surface area contributed by atoms with Gasteiger partial charge in [0.1, 0.15) is 5.60 Å². The van der Waals surface area contributed by atoms with Gasteiger partial charge in [-0.25, -0.2) is 4.79 Å². The highest BCUT2D eigenvalue weighted by Gasteiger charge is 2.24. The Hall–Kier alpha value is -3.08. The van der Waals surface area contributed by atoms with Gasteiger partial charge in [0.15, 0.2) is 0 Å². The molecule has 0 radical (unpaired) electrons. The first kappa shape index (κ1) is 19.2. The van der Waals surface area contributed by atoms with Crippen molar-refractivity contribution in [1.29, 1.82) is 0 Å². The average Bonchev–Trinajstić information content (AvgIpc) is 3.10. The number of benzene rings is 2. The average molecular weight is 389 g/mol. The molecule has 29 heavy (non-hydrogen) atoms. The summed E-state index contributed by atoms with van der Waals surface area (Å²) in [5, 5.41) is 5.71. The number of hydrogen-bond donors (Lipinski definition) is 0. The van der Waals surface area contributed by atoms with Crippen LogP contribution in [0.15, 0.2) is 60.8 Å². The topological polar surface area (TPSA) is 47.4 Å². The second-order valence-corrected chi connectivity index (χ2v) is 8.47. The molecule has 0 fully saturated rings. The van der Waals surface area contributed by atoms with Crippen LogP contribution in [0.1, 0.15) is 38.3 Å². The molecular weight excluding hydrogens is 362 g/mol. The Kier molecular flexibility index (Phi) is 5.14. The van der Waals surface area contributed by atoms with Gasteiger partial charge >= 0.3 is 6.09 Å². The van der Waals surface area contributed by atoms with Gasteiger partial charge in [-0.3, -0.25) is 4.68 Å². The third-order valence-electron chi connectivity index (χ3n) is 5.05. The smallest absolute Gasteiger partial charge is 0.410 e. The predicted octanol–water partition coefficient (Wildman–Crippen LogP) is 5.11. The number of fused-ring (bicyclic) bond motifs is 1. The predicted molar refractivity (Wildman–Crippen MR) is 116 cm³/mol. The van der Waals surface area contributed by atoms with Gasteiger partial charge in [-0.2, -0.15) is 5.10 Å². The normalized spacial score (nSPS) is 14.7. The minimum Gasteiger partial charge on any atom is -0.444 e. The van der Waals surface area contributed by atoms with Crippen LogP contribution in [0.3, 0.4) is 0 Å². The fourth-order valence-electron chi connectivity index (χ4n) is 3.58. The van der Waals surface area contributed by atoms with Crippen LogP contribution in [0, 0.1) is 0 Å². The quantitative estimate of drug-likeness (QED) is 0.625. The zero-order valence-corrected chi connectivity index (χ0v) is 17.3. The van der Waals surface area contributed by atoms with Crippen LogP contribution in [0.2, 0.25) is 0 Å². The summed E-state index contributed by atoms with van der Waals surface area (Å²) in [5.41, 5.74) is 4.34. The summed E-state index contributed by atoms with van der Waals surface area (Å²) in [5.74, 6) is 0. The Labute approximate surface area is 171 Å². The lowest BCUT2D eigenvalue weighted by Gasteiger charge is -2.29. The molecule has 3 aromatic rings. The van der Waals surface area contributed by atoms with Crippen LogP contribution < -0.4 is 0 Å². The van der Waals surface area contributed by atoms with Crippen LogP contribution in [0.5, 0.6) is 0 Å². The maximum absolute atomic E-state index is 12.3. The molecule has 150 valence electrons. The molecule has 0 bridgehead atoms. The summed E-state index contributed by atoms with van der Waals surface area (Å²) in [6, 6.07) is 16.8. The van der Waals surface area contributed by atoms with Crippen molar-refractivity contribution < 1.29 is 9.53 Å². The number of rotatable bonds is 3. The molecule has 0 saturated heterocycles. The largest absolute Gasteiger partial charge is 0.444 e. The van der Waals surface area contributed by atoms with Crippen molar-refractivity contribution >= 4 is 22.6 Å². The molecular formula is C24H27N3O2. The third-order valence-corrected chi connectivity index (χ3v) is 5.05. The van der Waals surface area contributed by atoms with Crippen LogP contribution in [-0.2, 0) is 11.3 Å². The molecule has 2 aromatic carbocycles. The summed E-state index contributed by atoms with van der Waals surface area (Å²) < 4.78 is 7.53. The molecule has 0 atom stereocenters. The Morgan fingerprint density at radius 3 is 2.62 bits per heavy atom. The molecule has 1 aromatic heterocycles. The summed E-state index contributed by atoms with van der Waals surface area (Å²) in [6.07, 6.45) is 4.62. The lowest BCUT2D eigenvalue weighted by molar-refractivity contribution is 0.0270. The first-order valence-corrected chi connectivity index (χ1v) is 10.1. The molecule has 1 aliphatic rings. The van der Waals surface area contributed by atoms with E-state index in [1.54, 1.807) is 4.90 Å². The highest BCUT2D eigenvalue weighted by atomic mass is 16.6. The Morgan fingerprint density at radius 2 is 1.93 bits per heavy atom. The van der Waals surface area contributed by atoms with Crippen LogP contribution in [-0.4, -0.2) is 39.5 Å². The van der Waals surface area contributed by atoms with E-state index in [9.17, 15) is 4.79 Å². The van der Waals surface area contributed by atoms with Crippen molar-refractivity contribution in [2.24, 2.45) is 0 Å². The van der Waals surface area contributed by atoms with Gasteiger partial charge in [0.2, 0.25) is 0 Å². The fourth-order valence-corrected chi connectivity index (χ4v) is 3.58. The number of amides is 1. The van der Waals surface area contributed by atoms with E-state index in [0.717, 1.165) is 23.9 Å². The van der Waals surface area contributed by atoms with Gasteiger partial charge in [0.25, 0.3) is 0 Å². The van der Waals surface area contributed by atoms with Crippen molar-refractivity contribution in [3.8, 4) is 0 Å². The van der Waals surface area contributed by atoms with Crippen molar-refractivity contribution in [2.45, 2.75) is 39.3 Å². The molecule has 0 unspecified atom stereocenters. The van der Waals surface area contributed by atoms with Gasteiger partial charge in [-0.15, -0.1) is 0 Å². The third kappa shape index (κ3) is 4.50. The zero-order chi connectivity index (χ0) is 20.4. The first-order chi connectivity index (χ1) is 13.9.